The fraction of sp³-hybridized carbons (Fsp3) is 0.238. The molecule has 1 fully saturated rings. The number of Topliss-reactive ketones (excluding diaryl/α,β-unsaturated/α-hetero) is 1. The number of nitrogens with zero attached hydrogens (tertiary/aromatic N) is 1. The molecule has 0 saturated carbocycles. The molecule has 0 N–H and O–H groups in total. The topological polar surface area (TPSA) is 74.3 Å². The molecule has 4 rings (SSSR count). The number of fused-ring (bicyclic) bond motifs is 1. The van der Waals surface area contributed by atoms with E-state index in [1.54, 1.807) is 42.4 Å². The van der Waals surface area contributed by atoms with Crippen molar-refractivity contribution in [2.45, 2.75) is 0 Å². The number of methoxy groups -OCH3 is 1. The molecule has 0 aliphatic carbocycles. The molecule has 0 radical (unpaired) electrons. The Kier molecular flexibility index (Phi) is 5.55. The molecule has 2 aliphatic rings. The van der Waals surface area contributed by atoms with E-state index >= 15 is 0 Å². The second-order valence-electron chi connectivity index (χ2n) is 6.45. The summed E-state index contributed by atoms with van der Waals surface area (Å²) in [6, 6.07) is 10.2. The highest BCUT2D eigenvalue weighted by atomic mass is 79.9. The number of carbonyl (C=O) groups excluding carboxylic acids is 2. The first-order chi connectivity index (χ1) is 14.0. The zero-order chi connectivity index (χ0) is 20.4. The highest BCUT2D eigenvalue weighted by Gasteiger charge is 2.29. The van der Waals surface area contributed by atoms with E-state index in [-0.39, 0.29) is 11.5 Å². The molecule has 0 atom stereocenters. The van der Waals surface area contributed by atoms with Gasteiger partial charge in [-0.3, -0.25) is 4.79 Å². The lowest BCUT2D eigenvalue weighted by Gasteiger charge is -2.25. The Morgan fingerprint density at radius 3 is 2.72 bits per heavy atom. The molecule has 1 saturated heterocycles. The standard InChI is InChI=1S/C21H18BrNO6/c1-26-17-5-2-14(22)10-13(17)11-19-20(24)16-4-3-15(12-18(16)29-19)28-21(25)23-6-8-27-9-7-23/h2-5,10-12H,6-9H2,1H3/b19-11-. The molecular weight excluding hydrogens is 442 g/mol. The number of amides is 1. The molecule has 29 heavy (non-hydrogen) atoms. The number of rotatable bonds is 3. The van der Waals surface area contributed by atoms with Crippen molar-refractivity contribution in [3.63, 3.8) is 0 Å². The van der Waals surface area contributed by atoms with Crippen molar-refractivity contribution >= 4 is 33.9 Å². The Hall–Kier alpha value is -2.84. The number of allylic oxidation sites excluding steroid dienone is 1. The zero-order valence-corrected chi connectivity index (χ0v) is 17.2. The summed E-state index contributed by atoms with van der Waals surface area (Å²) >= 11 is 3.41. The van der Waals surface area contributed by atoms with E-state index in [9.17, 15) is 9.59 Å². The van der Waals surface area contributed by atoms with Crippen LogP contribution in [0.25, 0.3) is 6.08 Å². The molecule has 0 aromatic heterocycles. The maximum Gasteiger partial charge on any atom is 0.415 e. The molecule has 0 spiro atoms. The van der Waals surface area contributed by atoms with Gasteiger partial charge >= 0.3 is 6.09 Å². The lowest BCUT2D eigenvalue weighted by molar-refractivity contribution is 0.0416. The van der Waals surface area contributed by atoms with Crippen LogP contribution < -0.4 is 14.2 Å². The van der Waals surface area contributed by atoms with Crippen molar-refractivity contribution in [2.24, 2.45) is 0 Å². The quantitative estimate of drug-likeness (QED) is 0.647. The largest absolute Gasteiger partial charge is 0.496 e. The van der Waals surface area contributed by atoms with Gasteiger partial charge in [0.25, 0.3) is 0 Å². The van der Waals surface area contributed by atoms with Gasteiger partial charge in [-0.25, -0.2) is 4.79 Å². The SMILES string of the molecule is COc1ccc(Br)cc1/C=C1\Oc2cc(OC(=O)N3CCOCC3)ccc2C1=O. The number of morpholine rings is 1. The van der Waals surface area contributed by atoms with Gasteiger partial charge in [0.2, 0.25) is 5.78 Å². The van der Waals surface area contributed by atoms with Crippen LogP contribution >= 0.6 is 15.9 Å². The smallest absolute Gasteiger partial charge is 0.415 e. The van der Waals surface area contributed by atoms with E-state index in [0.717, 1.165) is 4.47 Å². The number of hydrogen-bond acceptors (Lipinski definition) is 6. The summed E-state index contributed by atoms with van der Waals surface area (Å²) in [7, 11) is 1.56. The normalized spacial score (nSPS) is 17.1. The number of halogens is 1. The first kappa shape index (κ1) is 19.5. The van der Waals surface area contributed by atoms with E-state index in [1.165, 1.54) is 0 Å². The lowest BCUT2D eigenvalue weighted by atomic mass is 10.1. The second kappa shape index (κ2) is 8.26. The van der Waals surface area contributed by atoms with Gasteiger partial charge < -0.3 is 23.8 Å². The highest BCUT2D eigenvalue weighted by molar-refractivity contribution is 9.10. The van der Waals surface area contributed by atoms with Crippen LogP contribution in [0.15, 0.2) is 46.6 Å². The van der Waals surface area contributed by atoms with Crippen molar-refractivity contribution < 1.29 is 28.5 Å². The predicted octanol–water partition coefficient (Wildman–Crippen LogP) is 3.90. The Balaban J connectivity index is 1.54. The third-order valence-electron chi connectivity index (χ3n) is 4.59. The van der Waals surface area contributed by atoms with Gasteiger partial charge in [0, 0.05) is 29.2 Å². The van der Waals surface area contributed by atoms with Gasteiger partial charge in [-0.05, 0) is 36.4 Å². The number of ether oxygens (including phenoxy) is 4. The Morgan fingerprint density at radius 2 is 1.97 bits per heavy atom. The molecule has 2 aliphatic heterocycles. The summed E-state index contributed by atoms with van der Waals surface area (Å²) in [5.41, 5.74) is 1.12. The van der Waals surface area contributed by atoms with Crippen LogP contribution in [0.3, 0.4) is 0 Å². The van der Waals surface area contributed by atoms with E-state index < -0.39 is 6.09 Å². The van der Waals surface area contributed by atoms with Crippen LogP contribution in [-0.4, -0.2) is 50.2 Å². The third kappa shape index (κ3) is 4.13. The summed E-state index contributed by atoms with van der Waals surface area (Å²) in [5, 5.41) is 0. The Morgan fingerprint density at radius 1 is 1.17 bits per heavy atom. The molecule has 7 nitrogen and oxygen atoms in total. The Bertz CT molecular complexity index is 997. The molecule has 8 heteroatoms. The summed E-state index contributed by atoms with van der Waals surface area (Å²) < 4.78 is 22.6. The van der Waals surface area contributed by atoms with Crippen molar-refractivity contribution in [1.29, 1.82) is 0 Å². The van der Waals surface area contributed by atoms with E-state index in [1.807, 2.05) is 12.1 Å². The fourth-order valence-electron chi connectivity index (χ4n) is 3.10. The molecule has 2 heterocycles. The molecule has 0 bridgehead atoms. The molecule has 2 aromatic carbocycles. The maximum atomic E-state index is 12.7. The van der Waals surface area contributed by atoms with E-state index in [2.05, 4.69) is 15.9 Å². The van der Waals surface area contributed by atoms with Gasteiger partial charge in [-0.2, -0.15) is 0 Å². The summed E-state index contributed by atoms with van der Waals surface area (Å²) in [4.78, 5) is 26.5. The Labute approximate surface area is 175 Å². The number of ketones is 1. The predicted molar refractivity (Wildman–Crippen MR) is 108 cm³/mol. The second-order valence-corrected chi connectivity index (χ2v) is 7.37. The monoisotopic (exact) mass is 459 g/mol. The van der Waals surface area contributed by atoms with Gasteiger partial charge in [0.05, 0.1) is 25.9 Å². The summed E-state index contributed by atoms with van der Waals surface area (Å²) in [6.07, 6.45) is 1.18. The molecule has 0 unspecified atom stereocenters. The summed E-state index contributed by atoms with van der Waals surface area (Å²) in [5.74, 6) is 1.21. The van der Waals surface area contributed by atoms with E-state index in [0.29, 0.717) is 54.7 Å². The van der Waals surface area contributed by atoms with Crippen LogP contribution in [0, 0.1) is 0 Å². The minimum Gasteiger partial charge on any atom is -0.496 e. The van der Waals surface area contributed by atoms with Crippen LogP contribution in [-0.2, 0) is 4.74 Å². The van der Waals surface area contributed by atoms with Crippen molar-refractivity contribution in [3.8, 4) is 17.2 Å². The molecule has 1 amide bonds. The van der Waals surface area contributed by atoms with Gasteiger partial charge in [-0.15, -0.1) is 0 Å². The first-order valence-corrected chi connectivity index (χ1v) is 9.81. The average molecular weight is 460 g/mol. The number of hydrogen-bond donors (Lipinski definition) is 0. The van der Waals surface area contributed by atoms with Crippen LogP contribution in [0.5, 0.6) is 17.2 Å². The highest BCUT2D eigenvalue weighted by Crippen LogP contribution is 2.36. The minimum absolute atomic E-state index is 0.174. The van der Waals surface area contributed by atoms with Gasteiger partial charge in [0.15, 0.2) is 5.76 Å². The minimum atomic E-state index is -0.452. The molecule has 2 aromatic rings. The van der Waals surface area contributed by atoms with Crippen LogP contribution in [0.4, 0.5) is 4.79 Å². The van der Waals surface area contributed by atoms with Gasteiger partial charge in [0.1, 0.15) is 17.2 Å². The number of benzene rings is 2. The maximum absolute atomic E-state index is 12.7. The van der Waals surface area contributed by atoms with Crippen LogP contribution in [0.1, 0.15) is 15.9 Å². The fourth-order valence-corrected chi connectivity index (χ4v) is 3.48. The van der Waals surface area contributed by atoms with Crippen molar-refractivity contribution in [1.82, 2.24) is 4.90 Å². The average Bonchev–Trinajstić information content (AvgIpc) is 3.03. The lowest BCUT2D eigenvalue weighted by Crippen LogP contribution is -2.42. The van der Waals surface area contributed by atoms with Gasteiger partial charge in [-0.1, -0.05) is 15.9 Å². The number of carbonyl (C=O) groups is 2. The summed E-state index contributed by atoms with van der Waals surface area (Å²) in [6.45, 7) is 1.95. The van der Waals surface area contributed by atoms with Crippen LogP contribution in [0.2, 0.25) is 0 Å². The zero-order valence-electron chi connectivity index (χ0n) is 15.6. The van der Waals surface area contributed by atoms with E-state index in [4.69, 9.17) is 18.9 Å². The first-order valence-electron chi connectivity index (χ1n) is 9.01. The van der Waals surface area contributed by atoms with Crippen molar-refractivity contribution in [2.75, 3.05) is 33.4 Å². The molecular formula is C21H18BrNO6. The van der Waals surface area contributed by atoms with Crippen molar-refractivity contribution in [3.05, 3.63) is 57.8 Å². The molecule has 150 valence electrons. The third-order valence-corrected chi connectivity index (χ3v) is 5.09.